The molecule has 10 nitrogen and oxygen atoms in total. The van der Waals surface area contributed by atoms with Crippen molar-refractivity contribution in [3.8, 4) is 0 Å². The van der Waals surface area contributed by atoms with Crippen LogP contribution in [0.1, 0.15) is 77.0 Å². The second-order valence-corrected chi connectivity index (χ2v) is 7.61. The van der Waals surface area contributed by atoms with E-state index in [2.05, 4.69) is 10.1 Å². The first-order valence-electron chi connectivity index (χ1n) is 11.3. The fourth-order valence-electron chi connectivity index (χ4n) is 2.92. The molecule has 0 spiro atoms. The van der Waals surface area contributed by atoms with Crippen molar-refractivity contribution in [2.24, 2.45) is 0 Å². The number of hydrogen-bond donors (Lipinski definition) is 3. The van der Waals surface area contributed by atoms with E-state index in [4.69, 9.17) is 19.7 Å². The molecular formula is C22H39NO9. The summed E-state index contributed by atoms with van der Waals surface area (Å²) in [6.45, 7) is 0.253. The standard InChI is InChI=1S/C22H39NO9/c1-30-22(29)11-9-7-5-3-2-4-6-8-10-19(24)23-18(16-31-14-12-20(25)26)17-32-15-13-21(27)28/h18H,2-17H2,1H3,(H,23,24)(H,25,26)(H,27,28). The van der Waals surface area contributed by atoms with Crippen LogP contribution in [-0.2, 0) is 33.4 Å². The molecule has 0 rings (SSSR count). The predicted octanol–water partition coefficient (Wildman–Crippen LogP) is 2.53. The molecule has 0 aromatic heterocycles. The van der Waals surface area contributed by atoms with Crippen molar-refractivity contribution in [1.82, 2.24) is 5.32 Å². The number of unbranched alkanes of at least 4 members (excludes halogenated alkanes) is 7. The Bertz CT molecular complexity index is 517. The number of amides is 1. The summed E-state index contributed by atoms with van der Waals surface area (Å²) in [6, 6.07) is -0.463. The van der Waals surface area contributed by atoms with E-state index in [1.807, 2.05) is 0 Å². The molecule has 0 aliphatic heterocycles. The molecule has 0 atom stereocenters. The van der Waals surface area contributed by atoms with E-state index >= 15 is 0 Å². The Kier molecular flexibility index (Phi) is 19.3. The van der Waals surface area contributed by atoms with Crippen molar-refractivity contribution in [3.63, 3.8) is 0 Å². The third kappa shape index (κ3) is 21.0. The molecule has 0 fully saturated rings. The molecule has 186 valence electrons. The maximum Gasteiger partial charge on any atom is 0.305 e. The number of rotatable bonds is 22. The first kappa shape index (κ1) is 29.8. The summed E-state index contributed by atoms with van der Waals surface area (Å²) in [7, 11) is 1.40. The lowest BCUT2D eigenvalue weighted by Gasteiger charge is -2.19. The van der Waals surface area contributed by atoms with Gasteiger partial charge in [0.2, 0.25) is 5.91 Å². The Morgan fingerprint density at radius 1 is 0.688 bits per heavy atom. The molecule has 0 radical (unpaired) electrons. The van der Waals surface area contributed by atoms with Crippen LogP contribution >= 0.6 is 0 Å². The van der Waals surface area contributed by atoms with Crippen molar-refractivity contribution in [2.75, 3.05) is 33.5 Å². The topological polar surface area (TPSA) is 148 Å². The number of nitrogens with one attached hydrogen (secondary N) is 1. The van der Waals surface area contributed by atoms with Crippen LogP contribution < -0.4 is 5.32 Å². The summed E-state index contributed by atoms with van der Waals surface area (Å²) >= 11 is 0. The van der Waals surface area contributed by atoms with Gasteiger partial charge in [0.1, 0.15) is 0 Å². The van der Waals surface area contributed by atoms with Gasteiger partial charge in [-0.3, -0.25) is 19.2 Å². The molecule has 0 bridgehead atoms. The van der Waals surface area contributed by atoms with Crippen molar-refractivity contribution >= 4 is 23.8 Å². The summed E-state index contributed by atoms with van der Waals surface area (Å²) in [4.78, 5) is 44.3. The van der Waals surface area contributed by atoms with Gasteiger partial charge in [-0.05, 0) is 12.8 Å². The van der Waals surface area contributed by atoms with Gasteiger partial charge in [0.15, 0.2) is 0 Å². The zero-order valence-electron chi connectivity index (χ0n) is 19.1. The Labute approximate surface area is 190 Å². The number of ether oxygens (including phenoxy) is 3. The number of esters is 1. The predicted molar refractivity (Wildman–Crippen MR) is 116 cm³/mol. The van der Waals surface area contributed by atoms with E-state index in [0.29, 0.717) is 12.8 Å². The molecule has 10 heteroatoms. The molecule has 3 N–H and O–H groups in total. The number of hydrogen-bond acceptors (Lipinski definition) is 7. The highest BCUT2D eigenvalue weighted by Crippen LogP contribution is 2.11. The smallest absolute Gasteiger partial charge is 0.305 e. The van der Waals surface area contributed by atoms with Crippen LogP contribution in [0.25, 0.3) is 0 Å². The third-order valence-electron chi connectivity index (χ3n) is 4.69. The van der Waals surface area contributed by atoms with Crippen LogP contribution in [0, 0.1) is 0 Å². The monoisotopic (exact) mass is 461 g/mol. The molecule has 0 unspecified atom stereocenters. The molecular weight excluding hydrogens is 422 g/mol. The Morgan fingerprint density at radius 3 is 1.56 bits per heavy atom. The van der Waals surface area contributed by atoms with Gasteiger partial charge >= 0.3 is 17.9 Å². The molecule has 0 aromatic rings. The number of carbonyl (C=O) groups is 4. The lowest BCUT2D eigenvalue weighted by molar-refractivity contribution is -0.141. The fraction of sp³-hybridized carbons (Fsp3) is 0.818. The minimum atomic E-state index is -0.968. The molecule has 0 aromatic carbocycles. The summed E-state index contributed by atoms with van der Waals surface area (Å²) in [5.74, 6) is -2.24. The minimum Gasteiger partial charge on any atom is -0.481 e. The number of methoxy groups -OCH3 is 1. The van der Waals surface area contributed by atoms with Crippen LogP contribution in [0.4, 0.5) is 0 Å². The summed E-state index contributed by atoms with van der Waals surface area (Å²) < 4.78 is 15.2. The normalized spacial score (nSPS) is 10.8. The number of aliphatic carboxylic acids is 2. The summed E-state index contributed by atoms with van der Waals surface area (Å²) in [6.07, 6.45) is 8.50. The van der Waals surface area contributed by atoms with Crippen molar-refractivity contribution in [2.45, 2.75) is 83.1 Å². The maximum atomic E-state index is 12.2. The number of carboxylic acids is 2. The van der Waals surface area contributed by atoms with Gasteiger partial charge in [-0.25, -0.2) is 0 Å². The first-order chi connectivity index (χ1) is 15.3. The molecule has 1 amide bonds. The second-order valence-electron chi connectivity index (χ2n) is 7.61. The van der Waals surface area contributed by atoms with Gasteiger partial charge in [-0.2, -0.15) is 0 Å². The van der Waals surface area contributed by atoms with Crippen molar-refractivity contribution < 1.29 is 43.6 Å². The molecule has 0 heterocycles. The maximum absolute atomic E-state index is 12.2. The quantitative estimate of drug-likeness (QED) is 0.163. The van der Waals surface area contributed by atoms with E-state index in [1.54, 1.807) is 0 Å². The average Bonchev–Trinajstić information content (AvgIpc) is 2.74. The van der Waals surface area contributed by atoms with Crippen LogP contribution in [-0.4, -0.2) is 73.6 Å². The van der Waals surface area contributed by atoms with Gasteiger partial charge in [-0.1, -0.05) is 38.5 Å². The lowest BCUT2D eigenvalue weighted by Crippen LogP contribution is -2.41. The first-order valence-corrected chi connectivity index (χ1v) is 11.3. The molecule has 0 aliphatic carbocycles. The van der Waals surface area contributed by atoms with Gasteiger partial charge in [0.05, 0.1) is 52.4 Å². The molecule has 0 aliphatic rings. The van der Waals surface area contributed by atoms with Gasteiger partial charge in [-0.15, -0.1) is 0 Å². The SMILES string of the molecule is COC(=O)CCCCCCCCCCC(=O)NC(COCCC(=O)O)COCCC(=O)O. The zero-order chi connectivity index (χ0) is 24.0. The Hall–Kier alpha value is -2.20. The second kappa shape index (κ2) is 20.7. The molecule has 32 heavy (non-hydrogen) atoms. The fourth-order valence-corrected chi connectivity index (χ4v) is 2.92. The lowest BCUT2D eigenvalue weighted by atomic mass is 10.1. The van der Waals surface area contributed by atoms with Gasteiger partial charge in [0, 0.05) is 12.8 Å². The van der Waals surface area contributed by atoms with Crippen LogP contribution in [0.15, 0.2) is 0 Å². The number of carboxylic acid groups (broad SMARTS) is 2. The van der Waals surface area contributed by atoms with Crippen molar-refractivity contribution in [3.05, 3.63) is 0 Å². The van der Waals surface area contributed by atoms with E-state index < -0.39 is 18.0 Å². The van der Waals surface area contributed by atoms with Crippen LogP contribution in [0.3, 0.4) is 0 Å². The highest BCUT2D eigenvalue weighted by molar-refractivity contribution is 5.76. The zero-order valence-corrected chi connectivity index (χ0v) is 19.1. The van der Waals surface area contributed by atoms with Gasteiger partial charge < -0.3 is 29.7 Å². The van der Waals surface area contributed by atoms with E-state index in [1.165, 1.54) is 7.11 Å². The average molecular weight is 462 g/mol. The van der Waals surface area contributed by atoms with Crippen LogP contribution in [0.2, 0.25) is 0 Å². The highest BCUT2D eigenvalue weighted by atomic mass is 16.5. The summed E-state index contributed by atoms with van der Waals surface area (Å²) in [5.41, 5.74) is 0. The van der Waals surface area contributed by atoms with Crippen molar-refractivity contribution in [1.29, 1.82) is 0 Å². The molecule has 0 saturated heterocycles. The summed E-state index contributed by atoms with van der Waals surface area (Å²) in [5, 5.41) is 20.1. The minimum absolute atomic E-state index is 0.0273. The van der Waals surface area contributed by atoms with E-state index in [9.17, 15) is 19.2 Å². The Morgan fingerprint density at radius 2 is 1.12 bits per heavy atom. The Balaban J connectivity index is 3.91. The number of carbonyl (C=O) groups excluding carboxylic acids is 2. The highest BCUT2D eigenvalue weighted by Gasteiger charge is 2.14. The van der Waals surface area contributed by atoms with E-state index in [-0.39, 0.29) is 51.1 Å². The van der Waals surface area contributed by atoms with Gasteiger partial charge in [0.25, 0.3) is 0 Å². The van der Waals surface area contributed by atoms with E-state index in [0.717, 1.165) is 51.4 Å². The largest absolute Gasteiger partial charge is 0.481 e. The van der Waals surface area contributed by atoms with Crippen LogP contribution in [0.5, 0.6) is 0 Å². The third-order valence-corrected chi connectivity index (χ3v) is 4.69. The molecule has 0 saturated carbocycles.